The summed E-state index contributed by atoms with van der Waals surface area (Å²) in [4.78, 5) is 0. The van der Waals surface area contributed by atoms with Gasteiger partial charge in [-0.2, -0.15) is 0 Å². The lowest BCUT2D eigenvalue weighted by Crippen LogP contribution is -2.44. The van der Waals surface area contributed by atoms with Gasteiger partial charge in [-0.05, 0) is 38.1 Å². The van der Waals surface area contributed by atoms with Gasteiger partial charge in [-0.3, -0.25) is 0 Å². The van der Waals surface area contributed by atoms with E-state index in [0.29, 0.717) is 5.54 Å². The molecule has 1 N–H and O–H groups in total. The number of nitrogens with one attached hydrogen (secondary N) is 1. The molecular formula is C11H19N. The van der Waals surface area contributed by atoms with Crippen LogP contribution in [0.25, 0.3) is 0 Å². The van der Waals surface area contributed by atoms with E-state index in [4.69, 9.17) is 0 Å². The molecule has 0 spiro atoms. The molecule has 2 fully saturated rings. The topological polar surface area (TPSA) is 12.0 Å². The van der Waals surface area contributed by atoms with Gasteiger partial charge in [0.05, 0.1) is 0 Å². The lowest BCUT2D eigenvalue weighted by Gasteiger charge is -2.30. The third-order valence-electron chi connectivity index (χ3n) is 3.39. The van der Waals surface area contributed by atoms with Crippen LogP contribution in [0.15, 0.2) is 12.7 Å². The van der Waals surface area contributed by atoms with Gasteiger partial charge in [0, 0.05) is 5.54 Å². The molecule has 0 aromatic rings. The molecule has 0 aromatic heterocycles. The Balaban J connectivity index is 2.06. The molecule has 1 aliphatic carbocycles. The van der Waals surface area contributed by atoms with Crippen molar-refractivity contribution in [1.82, 2.24) is 5.32 Å². The fourth-order valence-corrected chi connectivity index (χ4v) is 2.42. The third-order valence-corrected chi connectivity index (χ3v) is 3.39. The molecule has 0 radical (unpaired) electrons. The highest BCUT2D eigenvalue weighted by Gasteiger charge is 2.42. The van der Waals surface area contributed by atoms with Crippen LogP contribution >= 0.6 is 0 Å². The van der Waals surface area contributed by atoms with Crippen molar-refractivity contribution in [3.63, 3.8) is 0 Å². The average Bonchev–Trinajstić information content (AvgIpc) is 2.92. The van der Waals surface area contributed by atoms with Crippen molar-refractivity contribution in [1.29, 1.82) is 0 Å². The van der Waals surface area contributed by atoms with Gasteiger partial charge in [0.2, 0.25) is 0 Å². The summed E-state index contributed by atoms with van der Waals surface area (Å²) in [6, 6.07) is 0. The maximum absolute atomic E-state index is 4.00. The van der Waals surface area contributed by atoms with Crippen LogP contribution in [0, 0.1) is 5.92 Å². The van der Waals surface area contributed by atoms with E-state index < -0.39 is 0 Å². The predicted molar refractivity (Wildman–Crippen MR) is 52.1 cm³/mol. The van der Waals surface area contributed by atoms with E-state index in [2.05, 4.69) is 18.0 Å². The minimum atomic E-state index is 0.330. The van der Waals surface area contributed by atoms with Crippen molar-refractivity contribution >= 4 is 0 Å². The zero-order valence-electron chi connectivity index (χ0n) is 7.81. The smallest absolute Gasteiger partial charge is 0.0390 e. The van der Waals surface area contributed by atoms with Gasteiger partial charge in [0.25, 0.3) is 0 Å². The molecule has 1 unspecified atom stereocenters. The lowest BCUT2D eigenvalue weighted by molar-refractivity contribution is 0.348. The molecule has 68 valence electrons. The van der Waals surface area contributed by atoms with Gasteiger partial charge in [-0.1, -0.05) is 18.9 Å². The molecule has 1 heterocycles. The van der Waals surface area contributed by atoms with E-state index >= 15 is 0 Å². The second-order valence-electron chi connectivity index (χ2n) is 4.26. The van der Waals surface area contributed by atoms with E-state index in [-0.39, 0.29) is 0 Å². The average molecular weight is 165 g/mol. The summed E-state index contributed by atoms with van der Waals surface area (Å²) in [5.74, 6) is 0.910. The molecule has 2 aliphatic rings. The van der Waals surface area contributed by atoms with E-state index in [9.17, 15) is 0 Å². The zero-order chi connectivity index (χ0) is 8.44. The largest absolute Gasteiger partial charge is 0.308 e. The van der Waals surface area contributed by atoms with Crippen LogP contribution in [0.2, 0.25) is 0 Å². The molecule has 1 heteroatoms. The first-order valence-corrected chi connectivity index (χ1v) is 5.26. The van der Waals surface area contributed by atoms with Gasteiger partial charge >= 0.3 is 0 Å². The summed E-state index contributed by atoms with van der Waals surface area (Å²) in [5.41, 5.74) is 0.330. The summed E-state index contributed by atoms with van der Waals surface area (Å²) < 4.78 is 0. The van der Waals surface area contributed by atoms with Crippen LogP contribution < -0.4 is 5.32 Å². The highest BCUT2D eigenvalue weighted by molar-refractivity contribution is 5.11. The molecule has 2 rings (SSSR count). The van der Waals surface area contributed by atoms with Gasteiger partial charge in [0.1, 0.15) is 0 Å². The van der Waals surface area contributed by atoms with Crippen LogP contribution in [-0.2, 0) is 0 Å². The van der Waals surface area contributed by atoms with Crippen molar-refractivity contribution < 1.29 is 0 Å². The second-order valence-corrected chi connectivity index (χ2v) is 4.26. The Bertz CT molecular complexity index is 162. The van der Waals surface area contributed by atoms with Gasteiger partial charge in [-0.15, -0.1) is 6.58 Å². The first-order valence-electron chi connectivity index (χ1n) is 5.26. The molecule has 0 bridgehead atoms. The van der Waals surface area contributed by atoms with E-state index in [1.54, 1.807) is 0 Å². The summed E-state index contributed by atoms with van der Waals surface area (Å²) in [7, 11) is 0. The molecule has 1 nitrogen and oxygen atoms in total. The molecule has 1 atom stereocenters. The molecule has 0 aromatic carbocycles. The van der Waals surface area contributed by atoms with Crippen LogP contribution in [0.5, 0.6) is 0 Å². The predicted octanol–water partition coefficient (Wildman–Crippen LogP) is 2.48. The molecule has 0 amide bonds. The van der Waals surface area contributed by atoms with Crippen molar-refractivity contribution in [2.75, 3.05) is 6.54 Å². The number of hydrogen-bond acceptors (Lipinski definition) is 1. The SMILES string of the molecule is C=CC1(C2CC2)CCCCCN1. The van der Waals surface area contributed by atoms with E-state index in [1.165, 1.54) is 45.1 Å². The van der Waals surface area contributed by atoms with Crippen molar-refractivity contribution in [3.05, 3.63) is 12.7 Å². The maximum atomic E-state index is 4.00. The third kappa shape index (κ3) is 1.42. The summed E-state index contributed by atoms with van der Waals surface area (Å²) in [6.45, 7) is 5.19. The van der Waals surface area contributed by atoms with Crippen LogP contribution in [0.4, 0.5) is 0 Å². The number of rotatable bonds is 2. The normalized spacial score (nSPS) is 37.3. The zero-order valence-corrected chi connectivity index (χ0v) is 7.81. The second kappa shape index (κ2) is 3.21. The molecular weight excluding hydrogens is 146 g/mol. The van der Waals surface area contributed by atoms with Gasteiger partial charge in [-0.25, -0.2) is 0 Å². The Kier molecular flexibility index (Phi) is 2.22. The summed E-state index contributed by atoms with van der Waals surface area (Å²) in [5, 5.41) is 3.69. The molecule has 1 saturated heterocycles. The van der Waals surface area contributed by atoms with Crippen molar-refractivity contribution in [2.45, 2.75) is 44.1 Å². The number of hydrogen-bond donors (Lipinski definition) is 1. The van der Waals surface area contributed by atoms with Crippen LogP contribution in [0.3, 0.4) is 0 Å². The van der Waals surface area contributed by atoms with Gasteiger partial charge < -0.3 is 5.32 Å². The fourth-order valence-electron chi connectivity index (χ4n) is 2.42. The van der Waals surface area contributed by atoms with E-state index in [0.717, 1.165) is 5.92 Å². The first-order chi connectivity index (χ1) is 5.87. The Morgan fingerprint density at radius 2 is 2.08 bits per heavy atom. The molecule has 12 heavy (non-hydrogen) atoms. The standard InChI is InChI=1S/C11H19N/c1-2-11(10-6-7-10)8-4-3-5-9-12-11/h2,10,12H,1,3-9H2. The Labute approximate surface area is 75.2 Å². The summed E-state index contributed by atoms with van der Waals surface area (Å²) in [6.07, 6.45) is 10.5. The minimum absolute atomic E-state index is 0.330. The highest BCUT2D eigenvalue weighted by Crippen LogP contribution is 2.43. The highest BCUT2D eigenvalue weighted by atomic mass is 15.0. The van der Waals surface area contributed by atoms with E-state index in [1.807, 2.05) is 0 Å². The van der Waals surface area contributed by atoms with Gasteiger partial charge in [0.15, 0.2) is 0 Å². The van der Waals surface area contributed by atoms with Crippen LogP contribution in [-0.4, -0.2) is 12.1 Å². The minimum Gasteiger partial charge on any atom is -0.308 e. The molecule has 1 aliphatic heterocycles. The fraction of sp³-hybridized carbons (Fsp3) is 0.818. The van der Waals surface area contributed by atoms with Crippen molar-refractivity contribution in [3.8, 4) is 0 Å². The van der Waals surface area contributed by atoms with Crippen molar-refractivity contribution in [2.24, 2.45) is 5.92 Å². The maximum Gasteiger partial charge on any atom is 0.0390 e. The quantitative estimate of drug-likeness (QED) is 0.620. The Morgan fingerprint density at radius 1 is 1.25 bits per heavy atom. The van der Waals surface area contributed by atoms with Crippen LogP contribution in [0.1, 0.15) is 38.5 Å². The summed E-state index contributed by atoms with van der Waals surface area (Å²) >= 11 is 0. The Hall–Kier alpha value is -0.300. The lowest BCUT2D eigenvalue weighted by atomic mass is 9.88. The monoisotopic (exact) mass is 165 g/mol. The molecule has 1 saturated carbocycles. The Morgan fingerprint density at radius 3 is 2.75 bits per heavy atom. The first kappa shape index (κ1) is 8.31.